The minimum Gasteiger partial charge on any atom is -0.300 e. The largest absolute Gasteiger partial charge is 0.300 e. The highest BCUT2D eigenvalue weighted by atomic mass is 32.2. The van der Waals surface area contributed by atoms with Crippen molar-refractivity contribution in [2.75, 3.05) is 5.32 Å². The highest BCUT2D eigenvalue weighted by Gasteiger charge is 2.33. The van der Waals surface area contributed by atoms with Gasteiger partial charge >= 0.3 is 0 Å². The van der Waals surface area contributed by atoms with Gasteiger partial charge in [-0.1, -0.05) is 23.5 Å². The number of anilines is 1. The van der Waals surface area contributed by atoms with Crippen LogP contribution in [0.1, 0.15) is 10.8 Å². The summed E-state index contributed by atoms with van der Waals surface area (Å²) >= 11 is 1.22. The van der Waals surface area contributed by atoms with Crippen molar-refractivity contribution in [1.82, 2.24) is 9.97 Å². The zero-order valence-corrected chi connectivity index (χ0v) is 13.2. The Hall–Kier alpha value is -2.36. The third-order valence-electron chi connectivity index (χ3n) is 3.07. The Morgan fingerprint density at radius 1 is 1.17 bits per heavy atom. The van der Waals surface area contributed by atoms with E-state index in [1.807, 2.05) is 18.2 Å². The van der Waals surface area contributed by atoms with Gasteiger partial charge < -0.3 is 5.32 Å². The van der Waals surface area contributed by atoms with Crippen LogP contribution in [0.25, 0.3) is 10.2 Å². The molecule has 0 aliphatic rings. The number of thiazole rings is 1. The maximum Gasteiger partial charge on any atom is 0.281 e. The number of fused-ring (bicyclic) bond motifs is 1. The maximum absolute atomic E-state index is 12.3. The number of hydrogen-bond donors (Lipinski definition) is 2. The predicted molar refractivity (Wildman–Crippen MR) is 86.8 cm³/mol. The topological polar surface area (TPSA) is 109 Å². The number of para-hydroxylation sites is 1. The predicted octanol–water partition coefficient (Wildman–Crippen LogP) is 2.26. The fourth-order valence-corrected chi connectivity index (χ4v) is 3.79. The second-order valence-electron chi connectivity index (χ2n) is 4.65. The Morgan fingerprint density at radius 3 is 2.52 bits per heavy atom. The van der Waals surface area contributed by atoms with Gasteiger partial charge in [-0.3, -0.25) is 14.3 Å². The Balaban J connectivity index is 1.92. The minimum absolute atomic E-state index is 0.126. The van der Waals surface area contributed by atoms with Crippen LogP contribution in [0.15, 0.2) is 48.8 Å². The van der Waals surface area contributed by atoms with Crippen LogP contribution in [0.3, 0.4) is 0 Å². The third-order valence-corrected chi connectivity index (χ3v) is 5.10. The number of rotatable bonds is 4. The molecule has 0 unspecified atom stereocenters. The molecular weight excluding hydrogens is 338 g/mol. The molecule has 2 aromatic heterocycles. The SMILES string of the molecule is O=C(Nc1nc2ccccc2s1)[C@@H](c1ccncc1)S(=O)(=O)O. The summed E-state index contributed by atoms with van der Waals surface area (Å²) in [7, 11) is -4.63. The molecule has 1 aromatic carbocycles. The number of hydrogen-bond acceptors (Lipinski definition) is 6. The summed E-state index contributed by atoms with van der Waals surface area (Å²) in [6, 6.07) is 9.98. The van der Waals surface area contributed by atoms with Gasteiger partial charge in [0.2, 0.25) is 0 Å². The average molecular weight is 349 g/mol. The normalized spacial score (nSPS) is 12.9. The van der Waals surface area contributed by atoms with Gasteiger partial charge in [0, 0.05) is 12.4 Å². The maximum atomic E-state index is 12.3. The van der Waals surface area contributed by atoms with E-state index in [-0.39, 0.29) is 10.7 Å². The van der Waals surface area contributed by atoms with E-state index in [2.05, 4.69) is 15.3 Å². The van der Waals surface area contributed by atoms with Gasteiger partial charge in [0.25, 0.3) is 16.0 Å². The molecule has 7 nitrogen and oxygen atoms in total. The van der Waals surface area contributed by atoms with Crippen LogP contribution in [0.5, 0.6) is 0 Å². The van der Waals surface area contributed by atoms with Gasteiger partial charge in [-0.05, 0) is 29.8 Å². The van der Waals surface area contributed by atoms with E-state index in [4.69, 9.17) is 0 Å². The lowest BCUT2D eigenvalue weighted by molar-refractivity contribution is -0.116. The molecule has 3 rings (SSSR count). The van der Waals surface area contributed by atoms with E-state index in [9.17, 15) is 17.8 Å². The van der Waals surface area contributed by atoms with Gasteiger partial charge in [-0.2, -0.15) is 8.42 Å². The van der Waals surface area contributed by atoms with Crippen LogP contribution in [-0.2, 0) is 14.9 Å². The molecule has 0 spiro atoms. The lowest BCUT2D eigenvalue weighted by Crippen LogP contribution is -2.27. The standard InChI is InChI=1S/C14H11N3O4S2/c18-13(12(23(19,20)21)9-5-7-15-8-6-9)17-14-16-10-3-1-2-4-11(10)22-14/h1-8,12H,(H,16,17,18)(H,19,20,21)/t12-/m1/s1. The second kappa shape index (κ2) is 6.03. The van der Waals surface area contributed by atoms with E-state index in [0.717, 1.165) is 4.70 Å². The lowest BCUT2D eigenvalue weighted by atomic mass is 10.2. The Bertz CT molecular complexity index is 921. The fraction of sp³-hybridized carbons (Fsp3) is 0.0714. The molecular formula is C14H11N3O4S2. The van der Waals surface area contributed by atoms with Crippen LogP contribution in [0, 0.1) is 0 Å². The van der Waals surface area contributed by atoms with Crippen molar-refractivity contribution < 1.29 is 17.8 Å². The number of amides is 1. The summed E-state index contributed by atoms with van der Waals surface area (Å²) in [5.74, 6) is -0.877. The zero-order chi connectivity index (χ0) is 16.4. The highest BCUT2D eigenvalue weighted by Crippen LogP contribution is 2.28. The third kappa shape index (κ3) is 3.36. The number of nitrogens with zero attached hydrogens (tertiary/aromatic N) is 2. The van der Waals surface area contributed by atoms with Gasteiger partial charge in [-0.15, -0.1) is 0 Å². The molecule has 2 heterocycles. The first-order chi connectivity index (χ1) is 10.9. The van der Waals surface area contributed by atoms with Gasteiger partial charge in [0.15, 0.2) is 10.4 Å². The summed E-state index contributed by atoms with van der Waals surface area (Å²) in [6.07, 6.45) is 2.69. The summed E-state index contributed by atoms with van der Waals surface area (Å²) in [6.45, 7) is 0. The van der Waals surface area contributed by atoms with Crippen LogP contribution >= 0.6 is 11.3 Å². The quantitative estimate of drug-likeness (QED) is 0.699. The van der Waals surface area contributed by atoms with E-state index in [1.54, 1.807) is 6.07 Å². The van der Waals surface area contributed by atoms with E-state index >= 15 is 0 Å². The van der Waals surface area contributed by atoms with Gasteiger partial charge in [0.05, 0.1) is 10.2 Å². The first kappa shape index (κ1) is 15.5. The second-order valence-corrected chi connectivity index (χ2v) is 7.18. The molecule has 0 aliphatic carbocycles. The summed E-state index contributed by atoms with van der Waals surface area (Å²) in [5, 5.41) is 0.970. The highest BCUT2D eigenvalue weighted by molar-refractivity contribution is 7.86. The smallest absolute Gasteiger partial charge is 0.281 e. The Morgan fingerprint density at radius 2 is 1.87 bits per heavy atom. The molecule has 1 atom stereocenters. The molecule has 0 fully saturated rings. The van der Waals surface area contributed by atoms with Gasteiger partial charge in [0.1, 0.15) is 0 Å². The fourth-order valence-electron chi connectivity index (χ4n) is 2.09. The van der Waals surface area contributed by atoms with Crippen LogP contribution in [0.2, 0.25) is 0 Å². The minimum atomic E-state index is -4.63. The van der Waals surface area contributed by atoms with E-state index in [0.29, 0.717) is 5.52 Å². The van der Waals surface area contributed by atoms with Crippen LogP contribution in [-0.4, -0.2) is 28.8 Å². The zero-order valence-electron chi connectivity index (χ0n) is 11.6. The van der Waals surface area contributed by atoms with Crippen molar-refractivity contribution in [2.45, 2.75) is 5.25 Å². The van der Waals surface area contributed by atoms with Crippen LogP contribution in [0.4, 0.5) is 5.13 Å². The van der Waals surface area contributed by atoms with E-state index in [1.165, 1.54) is 35.9 Å². The molecule has 0 radical (unpaired) electrons. The molecule has 0 saturated heterocycles. The Kier molecular flexibility index (Phi) is 4.07. The van der Waals surface area contributed by atoms with Crippen LogP contribution < -0.4 is 5.32 Å². The first-order valence-corrected chi connectivity index (χ1v) is 8.80. The molecule has 0 bridgehead atoms. The number of carbonyl (C=O) groups is 1. The molecule has 9 heteroatoms. The molecule has 23 heavy (non-hydrogen) atoms. The van der Waals surface area contributed by atoms with Crippen molar-refractivity contribution in [3.8, 4) is 0 Å². The van der Waals surface area contributed by atoms with Crippen molar-refractivity contribution >= 4 is 42.7 Å². The summed E-state index contributed by atoms with van der Waals surface area (Å²) in [5.41, 5.74) is 0.821. The van der Waals surface area contributed by atoms with Crippen molar-refractivity contribution in [1.29, 1.82) is 0 Å². The number of carbonyl (C=O) groups excluding carboxylic acids is 1. The van der Waals surface area contributed by atoms with Crippen molar-refractivity contribution in [3.05, 3.63) is 54.4 Å². The lowest BCUT2D eigenvalue weighted by Gasteiger charge is -2.12. The Labute approximate surface area is 135 Å². The van der Waals surface area contributed by atoms with Crippen molar-refractivity contribution in [2.24, 2.45) is 0 Å². The molecule has 118 valence electrons. The average Bonchev–Trinajstić information content (AvgIpc) is 2.89. The molecule has 3 aromatic rings. The van der Waals surface area contributed by atoms with E-state index < -0.39 is 21.3 Å². The number of aromatic nitrogens is 2. The monoisotopic (exact) mass is 349 g/mol. The first-order valence-electron chi connectivity index (χ1n) is 6.48. The molecule has 1 amide bonds. The number of pyridine rings is 1. The van der Waals surface area contributed by atoms with Gasteiger partial charge in [-0.25, -0.2) is 4.98 Å². The number of nitrogens with one attached hydrogen (secondary N) is 1. The van der Waals surface area contributed by atoms with Crippen molar-refractivity contribution in [3.63, 3.8) is 0 Å². The summed E-state index contributed by atoms with van der Waals surface area (Å²) < 4.78 is 33.4. The number of benzene rings is 1. The molecule has 0 aliphatic heterocycles. The molecule has 2 N–H and O–H groups in total. The summed E-state index contributed by atoms with van der Waals surface area (Å²) in [4.78, 5) is 20.3. The molecule has 0 saturated carbocycles.